The van der Waals surface area contributed by atoms with Crippen LogP contribution in [0.25, 0.3) is 0 Å². The van der Waals surface area contributed by atoms with Crippen molar-refractivity contribution < 1.29 is 14.5 Å². The van der Waals surface area contributed by atoms with Gasteiger partial charge in [0.05, 0.1) is 11.0 Å². The fourth-order valence-electron chi connectivity index (χ4n) is 1.82. The molecule has 0 aliphatic rings. The first-order valence-corrected chi connectivity index (χ1v) is 6.45. The van der Waals surface area contributed by atoms with Crippen molar-refractivity contribution in [3.63, 3.8) is 0 Å². The Balaban J connectivity index is 2.09. The lowest BCUT2D eigenvalue weighted by molar-refractivity contribution is -0.384. The monoisotopic (exact) mass is 285 g/mol. The first-order chi connectivity index (χ1) is 9.97. The van der Waals surface area contributed by atoms with E-state index in [0.29, 0.717) is 11.3 Å². The minimum atomic E-state index is -0.492. The maximum atomic E-state index is 12.0. The van der Waals surface area contributed by atoms with Gasteiger partial charge in [-0.2, -0.15) is 0 Å². The number of ether oxygens (including phenoxy) is 1. The fourth-order valence-corrected chi connectivity index (χ4v) is 1.82. The molecular formula is C16H15NO4. The molecule has 0 heterocycles. The number of Topliss-reactive ketones (excluding diaryl/α,β-unsaturated/α-hetero) is 1. The third-order valence-corrected chi connectivity index (χ3v) is 3.11. The van der Waals surface area contributed by atoms with Crippen LogP contribution in [0.2, 0.25) is 0 Å². The molecule has 2 rings (SSSR count). The van der Waals surface area contributed by atoms with Crippen LogP contribution in [0, 0.1) is 24.0 Å². The third kappa shape index (κ3) is 3.66. The average Bonchev–Trinajstić information content (AvgIpc) is 2.46. The summed E-state index contributed by atoms with van der Waals surface area (Å²) in [6.45, 7) is 3.57. The van der Waals surface area contributed by atoms with Crippen molar-refractivity contribution in [3.8, 4) is 5.75 Å². The van der Waals surface area contributed by atoms with Crippen LogP contribution in [0.3, 0.4) is 0 Å². The Bertz CT molecular complexity index is 677. The lowest BCUT2D eigenvalue weighted by Crippen LogP contribution is -2.12. The first-order valence-electron chi connectivity index (χ1n) is 6.45. The molecule has 5 heteroatoms. The third-order valence-electron chi connectivity index (χ3n) is 3.11. The molecule has 21 heavy (non-hydrogen) atoms. The number of ketones is 1. The van der Waals surface area contributed by atoms with Gasteiger partial charge in [0.1, 0.15) is 5.75 Å². The number of nitro benzene ring substituents is 1. The Kier molecular flexibility index (Phi) is 4.33. The molecule has 0 saturated heterocycles. The van der Waals surface area contributed by atoms with Gasteiger partial charge >= 0.3 is 0 Å². The summed E-state index contributed by atoms with van der Waals surface area (Å²) in [5, 5.41) is 10.7. The number of nitrogens with zero attached hydrogens (tertiary/aromatic N) is 1. The SMILES string of the molecule is Cc1ccc(C(=O)COc2cc([N+](=O)[O-])ccc2C)cc1. The summed E-state index contributed by atoms with van der Waals surface area (Å²) in [7, 11) is 0. The molecule has 5 nitrogen and oxygen atoms in total. The number of benzene rings is 2. The van der Waals surface area contributed by atoms with Gasteiger partial charge in [-0.05, 0) is 25.5 Å². The predicted molar refractivity (Wildman–Crippen MR) is 78.8 cm³/mol. The van der Waals surface area contributed by atoms with Gasteiger partial charge in [0.25, 0.3) is 5.69 Å². The van der Waals surface area contributed by atoms with Gasteiger partial charge in [-0.3, -0.25) is 14.9 Å². The van der Waals surface area contributed by atoms with E-state index in [1.807, 2.05) is 19.1 Å². The van der Waals surface area contributed by atoms with Crippen LogP contribution in [0.5, 0.6) is 5.75 Å². The number of nitro groups is 1. The van der Waals surface area contributed by atoms with Gasteiger partial charge in [-0.1, -0.05) is 29.8 Å². The van der Waals surface area contributed by atoms with Crippen molar-refractivity contribution >= 4 is 11.5 Å². The van der Waals surface area contributed by atoms with Crippen molar-refractivity contribution in [2.24, 2.45) is 0 Å². The van der Waals surface area contributed by atoms with E-state index in [-0.39, 0.29) is 18.1 Å². The van der Waals surface area contributed by atoms with E-state index >= 15 is 0 Å². The van der Waals surface area contributed by atoms with E-state index in [1.165, 1.54) is 12.1 Å². The van der Waals surface area contributed by atoms with Crippen molar-refractivity contribution in [2.75, 3.05) is 6.61 Å². The van der Waals surface area contributed by atoms with Crippen LogP contribution in [-0.4, -0.2) is 17.3 Å². The molecule has 0 atom stereocenters. The van der Waals surface area contributed by atoms with Crippen molar-refractivity contribution in [3.05, 3.63) is 69.3 Å². The summed E-state index contributed by atoms with van der Waals surface area (Å²) in [4.78, 5) is 22.2. The number of hydrogen-bond acceptors (Lipinski definition) is 4. The number of rotatable bonds is 5. The molecule has 0 N–H and O–H groups in total. The second kappa shape index (κ2) is 6.17. The number of hydrogen-bond donors (Lipinski definition) is 0. The maximum Gasteiger partial charge on any atom is 0.273 e. The Morgan fingerprint density at radius 2 is 1.81 bits per heavy atom. The topological polar surface area (TPSA) is 69.4 Å². The van der Waals surface area contributed by atoms with E-state index in [1.54, 1.807) is 25.1 Å². The zero-order chi connectivity index (χ0) is 15.4. The molecule has 0 radical (unpaired) electrons. The Morgan fingerprint density at radius 1 is 1.14 bits per heavy atom. The quantitative estimate of drug-likeness (QED) is 0.479. The second-order valence-electron chi connectivity index (χ2n) is 4.78. The standard InChI is InChI=1S/C16H15NO4/c1-11-3-6-13(7-4-11)15(18)10-21-16-9-14(17(19)20)8-5-12(16)2/h3-9H,10H2,1-2H3. The Hall–Kier alpha value is -2.69. The highest BCUT2D eigenvalue weighted by Gasteiger charge is 2.12. The summed E-state index contributed by atoms with van der Waals surface area (Å²) in [5.74, 6) is 0.186. The molecule has 0 amide bonds. The highest BCUT2D eigenvalue weighted by molar-refractivity contribution is 5.97. The molecular weight excluding hydrogens is 270 g/mol. The molecule has 0 saturated carbocycles. The minimum absolute atomic E-state index is 0.0571. The maximum absolute atomic E-state index is 12.0. The van der Waals surface area contributed by atoms with Crippen LogP contribution < -0.4 is 4.74 Å². The first kappa shape index (κ1) is 14.7. The molecule has 108 valence electrons. The number of aryl methyl sites for hydroxylation is 2. The fraction of sp³-hybridized carbons (Fsp3) is 0.188. The predicted octanol–water partition coefficient (Wildman–Crippen LogP) is 3.47. The van der Waals surface area contributed by atoms with Gasteiger partial charge < -0.3 is 4.74 Å². The van der Waals surface area contributed by atoms with Gasteiger partial charge in [0.2, 0.25) is 0 Å². The van der Waals surface area contributed by atoms with Crippen LogP contribution >= 0.6 is 0 Å². The molecule has 0 bridgehead atoms. The largest absolute Gasteiger partial charge is 0.485 e. The van der Waals surface area contributed by atoms with Crippen molar-refractivity contribution in [2.45, 2.75) is 13.8 Å². The van der Waals surface area contributed by atoms with Crippen LogP contribution in [0.1, 0.15) is 21.5 Å². The summed E-state index contributed by atoms with van der Waals surface area (Å²) >= 11 is 0. The average molecular weight is 285 g/mol. The number of non-ortho nitro benzene ring substituents is 1. The Labute approximate surface area is 122 Å². The van der Waals surface area contributed by atoms with Crippen LogP contribution in [-0.2, 0) is 0 Å². The lowest BCUT2D eigenvalue weighted by Gasteiger charge is -2.08. The van der Waals surface area contributed by atoms with Crippen LogP contribution in [0.4, 0.5) is 5.69 Å². The number of carbonyl (C=O) groups is 1. The van der Waals surface area contributed by atoms with E-state index < -0.39 is 4.92 Å². The highest BCUT2D eigenvalue weighted by atomic mass is 16.6. The van der Waals surface area contributed by atoms with E-state index in [2.05, 4.69) is 0 Å². The van der Waals surface area contributed by atoms with Gasteiger partial charge in [-0.15, -0.1) is 0 Å². The molecule has 0 fully saturated rings. The zero-order valence-electron chi connectivity index (χ0n) is 11.8. The van der Waals surface area contributed by atoms with Gasteiger partial charge in [0, 0.05) is 11.6 Å². The lowest BCUT2D eigenvalue weighted by atomic mass is 10.1. The second-order valence-corrected chi connectivity index (χ2v) is 4.78. The summed E-state index contributed by atoms with van der Waals surface area (Å²) in [5.41, 5.74) is 2.32. The molecule has 0 spiro atoms. The summed E-state index contributed by atoms with van der Waals surface area (Å²) in [6, 6.07) is 11.5. The van der Waals surface area contributed by atoms with Gasteiger partial charge in [-0.25, -0.2) is 0 Å². The van der Waals surface area contributed by atoms with Crippen molar-refractivity contribution in [1.82, 2.24) is 0 Å². The molecule has 0 aliphatic heterocycles. The van der Waals surface area contributed by atoms with E-state index in [4.69, 9.17) is 4.74 Å². The highest BCUT2D eigenvalue weighted by Crippen LogP contribution is 2.24. The zero-order valence-corrected chi connectivity index (χ0v) is 11.8. The van der Waals surface area contributed by atoms with Crippen LogP contribution in [0.15, 0.2) is 42.5 Å². The molecule has 2 aromatic carbocycles. The molecule has 2 aromatic rings. The summed E-state index contributed by atoms with van der Waals surface area (Å²) in [6.07, 6.45) is 0. The van der Waals surface area contributed by atoms with Crippen molar-refractivity contribution in [1.29, 1.82) is 0 Å². The molecule has 0 aromatic heterocycles. The normalized spacial score (nSPS) is 10.2. The molecule has 0 unspecified atom stereocenters. The number of carbonyl (C=O) groups excluding carboxylic acids is 1. The van der Waals surface area contributed by atoms with E-state index in [0.717, 1.165) is 11.1 Å². The Morgan fingerprint density at radius 3 is 2.43 bits per heavy atom. The summed E-state index contributed by atoms with van der Waals surface area (Å²) < 4.78 is 5.42. The van der Waals surface area contributed by atoms with E-state index in [9.17, 15) is 14.9 Å². The smallest absolute Gasteiger partial charge is 0.273 e. The molecule has 0 aliphatic carbocycles. The van der Waals surface area contributed by atoms with Gasteiger partial charge in [0.15, 0.2) is 12.4 Å². The minimum Gasteiger partial charge on any atom is -0.485 e.